The SMILES string of the molecule is O/N=C\[C@H]1C[C@H]2C=C[C@H]1C2. The van der Waals surface area contributed by atoms with E-state index >= 15 is 0 Å². The second-order valence-electron chi connectivity index (χ2n) is 3.21. The van der Waals surface area contributed by atoms with Gasteiger partial charge in [0.05, 0.1) is 0 Å². The third-order valence-electron chi connectivity index (χ3n) is 2.59. The Morgan fingerprint density at radius 2 is 2.30 bits per heavy atom. The number of allylic oxidation sites excluding steroid dienone is 2. The molecule has 3 atom stereocenters. The molecular formula is C8H11NO. The largest absolute Gasteiger partial charge is 0.411 e. The van der Waals surface area contributed by atoms with Crippen LogP contribution in [0.4, 0.5) is 0 Å². The minimum absolute atomic E-state index is 0.514. The molecule has 1 N–H and O–H groups in total. The number of fused-ring (bicyclic) bond motifs is 2. The molecule has 2 aliphatic rings. The van der Waals surface area contributed by atoms with Crippen molar-refractivity contribution < 1.29 is 5.21 Å². The van der Waals surface area contributed by atoms with Crippen molar-refractivity contribution in [3.8, 4) is 0 Å². The van der Waals surface area contributed by atoms with Crippen LogP contribution in [0.2, 0.25) is 0 Å². The van der Waals surface area contributed by atoms with E-state index in [0.29, 0.717) is 11.8 Å². The summed E-state index contributed by atoms with van der Waals surface area (Å²) in [7, 11) is 0. The molecule has 0 aliphatic heterocycles. The lowest BCUT2D eigenvalue weighted by Gasteiger charge is -2.10. The summed E-state index contributed by atoms with van der Waals surface area (Å²) in [5, 5.41) is 11.4. The monoisotopic (exact) mass is 137 g/mol. The summed E-state index contributed by atoms with van der Waals surface area (Å²) >= 11 is 0. The molecule has 0 unspecified atom stereocenters. The highest BCUT2D eigenvalue weighted by molar-refractivity contribution is 5.62. The third-order valence-corrected chi connectivity index (χ3v) is 2.59. The maximum Gasteiger partial charge on any atom is 0.0472 e. The molecule has 0 aromatic heterocycles. The highest BCUT2D eigenvalue weighted by Crippen LogP contribution is 2.42. The Labute approximate surface area is 60.2 Å². The lowest BCUT2D eigenvalue weighted by Crippen LogP contribution is -2.07. The number of hydrogen-bond donors (Lipinski definition) is 1. The van der Waals surface area contributed by atoms with Crippen LogP contribution in [0.3, 0.4) is 0 Å². The summed E-state index contributed by atoms with van der Waals surface area (Å²) < 4.78 is 0. The van der Waals surface area contributed by atoms with Crippen molar-refractivity contribution in [2.24, 2.45) is 22.9 Å². The molecule has 0 spiro atoms. The number of rotatable bonds is 1. The van der Waals surface area contributed by atoms with Gasteiger partial charge in [-0.15, -0.1) is 5.16 Å². The first-order valence-corrected chi connectivity index (χ1v) is 3.76. The number of hydrogen-bond acceptors (Lipinski definition) is 2. The molecule has 0 heterocycles. The Morgan fingerprint density at radius 1 is 1.40 bits per heavy atom. The van der Waals surface area contributed by atoms with E-state index in [1.165, 1.54) is 12.8 Å². The van der Waals surface area contributed by atoms with Gasteiger partial charge in [0.2, 0.25) is 0 Å². The summed E-state index contributed by atoms with van der Waals surface area (Å²) in [4.78, 5) is 0. The number of nitrogens with zero attached hydrogens (tertiary/aromatic N) is 1. The molecule has 0 aromatic carbocycles. The van der Waals surface area contributed by atoms with Crippen LogP contribution in [0, 0.1) is 17.8 Å². The van der Waals surface area contributed by atoms with Gasteiger partial charge in [-0.3, -0.25) is 0 Å². The average Bonchev–Trinajstić information content (AvgIpc) is 2.48. The Balaban J connectivity index is 2.09. The molecule has 0 aromatic rings. The molecule has 0 amide bonds. The summed E-state index contributed by atoms with van der Waals surface area (Å²) in [6.07, 6.45) is 8.67. The minimum Gasteiger partial charge on any atom is -0.411 e. The van der Waals surface area contributed by atoms with Crippen molar-refractivity contribution in [3.05, 3.63) is 12.2 Å². The van der Waals surface area contributed by atoms with E-state index in [2.05, 4.69) is 17.3 Å². The van der Waals surface area contributed by atoms with Crippen LogP contribution in [0.5, 0.6) is 0 Å². The molecular weight excluding hydrogens is 126 g/mol. The summed E-state index contributed by atoms with van der Waals surface area (Å²) in [5.74, 6) is 1.95. The van der Waals surface area contributed by atoms with Crippen molar-refractivity contribution in [3.63, 3.8) is 0 Å². The van der Waals surface area contributed by atoms with Gasteiger partial charge in [0.1, 0.15) is 0 Å². The predicted molar refractivity (Wildman–Crippen MR) is 39.1 cm³/mol. The van der Waals surface area contributed by atoms with Crippen molar-refractivity contribution in [2.75, 3.05) is 0 Å². The van der Waals surface area contributed by atoms with Gasteiger partial charge in [-0.05, 0) is 24.7 Å². The topological polar surface area (TPSA) is 32.6 Å². The zero-order valence-corrected chi connectivity index (χ0v) is 5.77. The Bertz CT molecular complexity index is 186. The van der Waals surface area contributed by atoms with Crippen LogP contribution in [0.1, 0.15) is 12.8 Å². The average molecular weight is 137 g/mol. The lowest BCUT2D eigenvalue weighted by molar-refractivity contribution is 0.316. The first-order valence-electron chi connectivity index (χ1n) is 3.76. The smallest absolute Gasteiger partial charge is 0.0472 e. The van der Waals surface area contributed by atoms with Crippen LogP contribution in [-0.2, 0) is 0 Å². The van der Waals surface area contributed by atoms with Gasteiger partial charge < -0.3 is 5.21 Å². The zero-order chi connectivity index (χ0) is 6.97. The van der Waals surface area contributed by atoms with Gasteiger partial charge in [-0.1, -0.05) is 12.2 Å². The Kier molecular flexibility index (Phi) is 1.26. The first kappa shape index (κ1) is 5.96. The Morgan fingerprint density at radius 3 is 2.80 bits per heavy atom. The van der Waals surface area contributed by atoms with E-state index in [-0.39, 0.29) is 0 Å². The highest BCUT2D eigenvalue weighted by Gasteiger charge is 2.34. The fourth-order valence-electron chi connectivity index (χ4n) is 2.08. The van der Waals surface area contributed by atoms with Gasteiger partial charge >= 0.3 is 0 Å². The van der Waals surface area contributed by atoms with Crippen LogP contribution in [0.25, 0.3) is 0 Å². The molecule has 2 bridgehead atoms. The molecule has 2 nitrogen and oxygen atoms in total. The molecule has 1 saturated carbocycles. The van der Waals surface area contributed by atoms with Gasteiger partial charge in [0.25, 0.3) is 0 Å². The molecule has 1 fully saturated rings. The maximum atomic E-state index is 8.30. The molecule has 2 aliphatic carbocycles. The van der Waals surface area contributed by atoms with E-state index in [0.717, 1.165) is 5.92 Å². The second kappa shape index (κ2) is 2.11. The molecule has 0 radical (unpaired) electrons. The first-order chi connectivity index (χ1) is 4.90. The standard InChI is InChI=1S/C8H11NO/c10-9-5-8-4-6-1-2-7(8)3-6/h1-2,5-8,10H,3-4H2/b9-5-/t6-,7-,8+/m0/s1. The summed E-state index contributed by atoms with van der Waals surface area (Å²) in [6, 6.07) is 0. The van der Waals surface area contributed by atoms with E-state index in [1.54, 1.807) is 6.21 Å². The van der Waals surface area contributed by atoms with Gasteiger partial charge in [-0.25, -0.2) is 0 Å². The fraction of sp³-hybridized carbons (Fsp3) is 0.625. The molecule has 54 valence electrons. The van der Waals surface area contributed by atoms with Gasteiger partial charge in [0.15, 0.2) is 0 Å². The van der Waals surface area contributed by atoms with Crippen LogP contribution < -0.4 is 0 Å². The van der Waals surface area contributed by atoms with E-state index in [1.807, 2.05) is 0 Å². The molecule has 2 heteroatoms. The Hall–Kier alpha value is -0.790. The van der Waals surface area contributed by atoms with Gasteiger partial charge in [0, 0.05) is 12.1 Å². The van der Waals surface area contributed by atoms with Crippen molar-refractivity contribution in [2.45, 2.75) is 12.8 Å². The van der Waals surface area contributed by atoms with E-state index < -0.39 is 0 Å². The fourth-order valence-corrected chi connectivity index (χ4v) is 2.08. The summed E-state index contributed by atoms with van der Waals surface area (Å²) in [5.41, 5.74) is 0. The molecule has 10 heavy (non-hydrogen) atoms. The van der Waals surface area contributed by atoms with Crippen LogP contribution in [0.15, 0.2) is 17.3 Å². The normalized spacial score (nSPS) is 43.8. The summed E-state index contributed by atoms with van der Waals surface area (Å²) in [6.45, 7) is 0. The third kappa shape index (κ3) is 0.753. The lowest BCUT2D eigenvalue weighted by atomic mass is 9.95. The number of oxime groups is 1. The molecule has 2 rings (SSSR count). The second-order valence-corrected chi connectivity index (χ2v) is 3.21. The quantitative estimate of drug-likeness (QED) is 0.253. The van der Waals surface area contributed by atoms with Crippen LogP contribution >= 0.6 is 0 Å². The van der Waals surface area contributed by atoms with Crippen molar-refractivity contribution in [1.82, 2.24) is 0 Å². The van der Waals surface area contributed by atoms with Gasteiger partial charge in [-0.2, -0.15) is 0 Å². The molecule has 0 saturated heterocycles. The van der Waals surface area contributed by atoms with E-state index in [9.17, 15) is 0 Å². The highest BCUT2D eigenvalue weighted by atomic mass is 16.4. The van der Waals surface area contributed by atoms with Crippen LogP contribution in [-0.4, -0.2) is 11.4 Å². The zero-order valence-electron chi connectivity index (χ0n) is 5.77. The minimum atomic E-state index is 0.514. The van der Waals surface area contributed by atoms with Crippen molar-refractivity contribution in [1.29, 1.82) is 0 Å². The predicted octanol–water partition coefficient (Wildman–Crippen LogP) is 1.66. The van der Waals surface area contributed by atoms with Crippen molar-refractivity contribution >= 4 is 6.21 Å². The maximum absolute atomic E-state index is 8.30. The van der Waals surface area contributed by atoms with E-state index in [4.69, 9.17) is 5.21 Å².